The number of carbonyl (C=O) groups excluding carboxylic acids is 1. The van der Waals surface area contributed by atoms with Gasteiger partial charge in [0.05, 0.1) is 18.1 Å². The van der Waals surface area contributed by atoms with E-state index in [0.29, 0.717) is 15.6 Å². The number of sulfonamides is 1. The van der Waals surface area contributed by atoms with Crippen molar-refractivity contribution < 1.29 is 27.1 Å². The number of nitrogens with zero attached hydrogens (tertiary/aromatic N) is 3. The minimum absolute atomic E-state index is 0.0363. The van der Waals surface area contributed by atoms with Crippen LogP contribution < -0.4 is 5.32 Å². The number of anilines is 1. The summed E-state index contributed by atoms with van der Waals surface area (Å²) in [5.41, 5.74) is 0.691. The Morgan fingerprint density at radius 3 is 2.15 bits per heavy atom. The number of ether oxygens (including phenoxy) is 2. The number of aromatic nitrogens is 2. The van der Waals surface area contributed by atoms with Gasteiger partial charge in [0.2, 0.25) is 15.9 Å². The van der Waals surface area contributed by atoms with Crippen LogP contribution in [-0.4, -0.2) is 69.4 Å². The van der Waals surface area contributed by atoms with Gasteiger partial charge in [-0.25, -0.2) is 8.42 Å². The molecule has 0 unspecified atom stereocenters. The first-order valence-corrected chi connectivity index (χ1v) is 12.1. The van der Waals surface area contributed by atoms with E-state index in [0.717, 1.165) is 0 Å². The first-order chi connectivity index (χ1) is 16.2. The van der Waals surface area contributed by atoms with Gasteiger partial charge in [-0.15, -0.1) is 5.10 Å². The lowest BCUT2D eigenvalue weighted by Gasteiger charge is -2.21. The second-order valence-corrected chi connectivity index (χ2v) is 9.75. The molecular formula is C21H22Cl2N4O6S. The first kappa shape index (κ1) is 26.1. The molecule has 2 aromatic carbocycles. The average molecular weight is 529 g/mol. The molecule has 0 saturated heterocycles. The van der Waals surface area contributed by atoms with E-state index in [4.69, 9.17) is 37.1 Å². The second-order valence-electron chi connectivity index (χ2n) is 6.94. The minimum Gasteiger partial charge on any atom is -0.403 e. The molecule has 0 aliphatic heterocycles. The summed E-state index contributed by atoms with van der Waals surface area (Å²) in [6, 6.07) is 10.1. The highest BCUT2D eigenvalue weighted by molar-refractivity contribution is 7.89. The van der Waals surface area contributed by atoms with Crippen LogP contribution in [0.3, 0.4) is 0 Å². The zero-order chi connectivity index (χ0) is 24.7. The number of halogens is 2. The number of benzene rings is 2. The predicted molar refractivity (Wildman–Crippen MR) is 127 cm³/mol. The Morgan fingerprint density at radius 2 is 1.59 bits per heavy atom. The summed E-state index contributed by atoms with van der Waals surface area (Å²) in [6.45, 7) is 0.803. The molecule has 1 N–H and O–H groups in total. The number of methoxy groups -OCH3 is 2. The maximum atomic E-state index is 13.0. The third kappa shape index (κ3) is 6.53. The van der Waals surface area contributed by atoms with E-state index >= 15 is 0 Å². The van der Waals surface area contributed by atoms with E-state index in [2.05, 4.69) is 15.5 Å². The summed E-state index contributed by atoms with van der Waals surface area (Å²) in [5.74, 6) is -0.438. The molecule has 0 aliphatic carbocycles. The number of hydrogen-bond donors (Lipinski definition) is 1. The van der Waals surface area contributed by atoms with Crippen molar-refractivity contribution in [3.8, 4) is 11.5 Å². The zero-order valence-electron chi connectivity index (χ0n) is 18.3. The van der Waals surface area contributed by atoms with Gasteiger partial charge in [-0.05, 0) is 42.5 Å². The molecule has 10 nitrogen and oxygen atoms in total. The van der Waals surface area contributed by atoms with Gasteiger partial charge >= 0.3 is 6.01 Å². The molecule has 3 aromatic rings. The lowest BCUT2D eigenvalue weighted by Crippen LogP contribution is -2.36. The molecule has 182 valence electrons. The van der Waals surface area contributed by atoms with Crippen LogP contribution in [0.1, 0.15) is 10.4 Å². The summed E-state index contributed by atoms with van der Waals surface area (Å²) < 4.78 is 42.6. The maximum absolute atomic E-state index is 13.0. The molecule has 0 atom stereocenters. The summed E-state index contributed by atoms with van der Waals surface area (Å²) in [4.78, 5) is 12.6. The van der Waals surface area contributed by atoms with E-state index in [9.17, 15) is 13.2 Å². The molecule has 0 radical (unpaired) electrons. The monoisotopic (exact) mass is 528 g/mol. The largest absolute Gasteiger partial charge is 0.403 e. The molecule has 0 spiro atoms. The molecular weight excluding hydrogens is 507 g/mol. The van der Waals surface area contributed by atoms with Crippen LogP contribution >= 0.6 is 23.2 Å². The number of carbonyl (C=O) groups is 1. The fourth-order valence-corrected chi connectivity index (χ4v) is 4.84. The lowest BCUT2D eigenvalue weighted by molar-refractivity contribution is 0.102. The van der Waals surface area contributed by atoms with Crippen LogP contribution in [0.25, 0.3) is 11.5 Å². The van der Waals surface area contributed by atoms with Gasteiger partial charge in [-0.2, -0.15) is 4.31 Å². The molecule has 1 aromatic heterocycles. The molecule has 1 heterocycles. The summed E-state index contributed by atoms with van der Waals surface area (Å²) in [5, 5.41) is 10.9. The summed E-state index contributed by atoms with van der Waals surface area (Å²) >= 11 is 12.0. The van der Waals surface area contributed by atoms with Crippen LogP contribution in [0.15, 0.2) is 51.8 Å². The van der Waals surface area contributed by atoms with Crippen LogP contribution in [0.4, 0.5) is 6.01 Å². The van der Waals surface area contributed by atoms with Crippen molar-refractivity contribution in [1.82, 2.24) is 14.5 Å². The number of amides is 1. The Bertz CT molecular complexity index is 1210. The van der Waals surface area contributed by atoms with E-state index in [-0.39, 0.29) is 48.7 Å². The van der Waals surface area contributed by atoms with Gasteiger partial charge in [0.25, 0.3) is 5.91 Å². The van der Waals surface area contributed by atoms with Gasteiger partial charge in [0.1, 0.15) is 0 Å². The number of hydrogen-bond acceptors (Lipinski definition) is 8. The van der Waals surface area contributed by atoms with E-state index < -0.39 is 15.9 Å². The van der Waals surface area contributed by atoms with E-state index in [1.807, 2.05) is 0 Å². The molecule has 13 heteroatoms. The van der Waals surface area contributed by atoms with E-state index in [1.54, 1.807) is 18.2 Å². The Kier molecular flexibility index (Phi) is 9.00. The van der Waals surface area contributed by atoms with Crippen LogP contribution in [-0.2, 0) is 19.5 Å². The third-order valence-corrected chi connectivity index (χ3v) is 6.95. The van der Waals surface area contributed by atoms with Crippen molar-refractivity contribution in [3.63, 3.8) is 0 Å². The fourth-order valence-electron chi connectivity index (χ4n) is 2.90. The Balaban J connectivity index is 1.72. The minimum atomic E-state index is -3.80. The van der Waals surface area contributed by atoms with Gasteiger partial charge in [-0.3, -0.25) is 10.1 Å². The molecule has 0 bridgehead atoms. The summed E-state index contributed by atoms with van der Waals surface area (Å²) in [6.07, 6.45) is 0. The van der Waals surface area contributed by atoms with Crippen molar-refractivity contribution in [3.05, 3.63) is 58.1 Å². The highest BCUT2D eigenvalue weighted by atomic mass is 35.5. The molecule has 34 heavy (non-hydrogen) atoms. The van der Waals surface area contributed by atoms with Crippen LogP contribution in [0.5, 0.6) is 0 Å². The maximum Gasteiger partial charge on any atom is 0.322 e. The van der Waals surface area contributed by atoms with Crippen molar-refractivity contribution in [2.75, 3.05) is 45.8 Å². The normalized spacial score (nSPS) is 11.7. The van der Waals surface area contributed by atoms with Crippen molar-refractivity contribution >= 4 is 45.1 Å². The predicted octanol–water partition coefficient (Wildman–Crippen LogP) is 3.58. The standard InChI is InChI=1S/C21H22Cl2N4O6S/c1-31-9-7-27(8-10-32-2)34(29,30)18-5-3-14(4-6-18)19(28)24-21-26-25-20(33-21)15-11-16(22)13-17(23)12-15/h3-6,11-13H,7-10H2,1-2H3,(H,24,26,28). The topological polar surface area (TPSA) is 124 Å². The Morgan fingerprint density at radius 1 is 1.00 bits per heavy atom. The fraction of sp³-hybridized carbons (Fsp3) is 0.286. The SMILES string of the molecule is COCCN(CCOC)S(=O)(=O)c1ccc(C(=O)Nc2nnc(-c3cc(Cl)cc(Cl)c3)o2)cc1. The Labute approximate surface area is 206 Å². The van der Waals surface area contributed by atoms with E-state index in [1.165, 1.54) is 42.8 Å². The zero-order valence-corrected chi connectivity index (χ0v) is 20.7. The Hall–Kier alpha value is -2.54. The van der Waals surface area contributed by atoms with Gasteiger partial charge in [-0.1, -0.05) is 28.3 Å². The van der Waals surface area contributed by atoms with Crippen LogP contribution in [0, 0.1) is 0 Å². The molecule has 1 amide bonds. The van der Waals surface area contributed by atoms with Crippen molar-refractivity contribution in [2.24, 2.45) is 0 Å². The molecule has 3 rings (SSSR count). The third-order valence-electron chi connectivity index (χ3n) is 4.60. The highest BCUT2D eigenvalue weighted by Crippen LogP contribution is 2.27. The van der Waals surface area contributed by atoms with Gasteiger partial charge < -0.3 is 13.9 Å². The smallest absolute Gasteiger partial charge is 0.322 e. The highest BCUT2D eigenvalue weighted by Gasteiger charge is 2.24. The first-order valence-electron chi connectivity index (χ1n) is 9.94. The van der Waals surface area contributed by atoms with Gasteiger partial charge in [0, 0.05) is 48.5 Å². The lowest BCUT2D eigenvalue weighted by atomic mass is 10.2. The summed E-state index contributed by atoms with van der Waals surface area (Å²) in [7, 11) is -0.820. The quantitative estimate of drug-likeness (QED) is 0.400. The molecule has 0 saturated carbocycles. The van der Waals surface area contributed by atoms with Gasteiger partial charge in [0.15, 0.2) is 0 Å². The number of nitrogens with one attached hydrogen (secondary N) is 1. The second kappa shape index (κ2) is 11.7. The molecule has 0 aliphatic rings. The van der Waals surface area contributed by atoms with Crippen molar-refractivity contribution in [2.45, 2.75) is 4.90 Å². The van der Waals surface area contributed by atoms with Crippen molar-refractivity contribution in [1.29, 1.82) is 0 Å². The average Bonchev–Trinajstić information content (AvgIpc) is 3.27. The van der Waals surface area contributed by atoms with Crippen LogP contribution in [0.2, 0.25) is 10.0 Å². The molecule has 0 fully saturated rings. The number of rotatable bonds is 11.